The van der Waals surface area contributed by atoms with Crippen molar-refractivity contribution >= 4 is 17.5 Å². The molecular formula is C15H19ClFNO2. The fraction of sp³-hybridized carbons (Fsp3) is 0.533. The van der Waals surface area contributed by atoms with Crippen molar-refractivity contribution in [3.05, 3.63) is 29.6 Å². The van der Waals surface area contributed by atoms with Gasteiger partial charge in [-0.25, -0.2) is 4.39 Å². The summed E-state index contributed by atoms with van der Waals surface area (Å²) >= 11 is 5.71. The summed E-state index contributed by atoms with van der Waals surface area (Å²) in [5.74, 6) is 0.0639. The molecule has 0 spiro atoms. The van der Waals surface area contributed by atoms with Gasteiger partial charge in [0.2, 0.25) is 0 Å². The summed E-state index contributed by atoms with van der Waals surface area (Å²) in [5.41, 5.74) is 0.0350. The fourth-order valence-electron chi connectivity index (χ4n) is 2.74. The average Bonchev–Trinajstić information content (AvgIpc) is 2.92. The molecule has 0 radical (unpaired) electrons. The maximum Gasteiger partial charge on any atom is 0.260 e. The van der Waals surface area contributed by atoms with Crippen LogP contribution in [0, 0.1) is 5.82 Å². The van der Waals surface area contributed by atoms with Crippen molar-refractivity contribution in [1.29, 1.82) is 0 Å². The highest BCUT2D eigenvalue weighted by Crippen LogP contribution is 2.28. The number of hydrogen-bond acceptors (Lipinski definition) is 2. The quantitative estimate of drug-likeness (QED) is 0.779. The second-order valence-electron chi connectivity index (χ2n) is 4.94. The second-order valence-corrected chi connectivity index (χ2v) is 5.32. The molecule has 1 atom stereocenters. The van der Waals surface area contributed by atoms with Gasteiger partial charge in [-0.15, -0.1) is 11.6 Å². The molecule has 0 saturated carbocycles. The Bertz CT molecular complexity index is 481. The number of methoxy groups -OCH3 is 1. The van der Waals surface area contributed by atoms with Crippen molar-refractivity contribution in [1.82, 2.24) is 4.90 Å². The van der Waals surface area contributed by atoms with E-state index in [0.717, 1.165) is 25.7 Å². The lowest BCUT2D eigenvalue weighted by molar-refractivity contribution is 0.0721. The van der Waals surface area contributed by atoms with Gasteiger partial charge in [0.25, 0.3) is 5.91 Å². The molecule has 1 saturated heterocycles. The van der Waals surface area contributed by atoms with Crippen LogP contribution in [0.15, 0.2) is 18.2 Å². The third-order valence-electron chi connectivity index (χ3n) is 3.72. The molecule has 1 amide bonds. The van der Waals surface area contributed by atoms with Crippen LogP contribution in [0.5, 0.6) is 5.75 Å². The Balaban J connectivity index is 2.22. The predicted octanol–water partition coefficient (Wildman–Crippen LogP) is 3.46. The van der Waals surface area contributed by atoms with E-state index in [1.54, 1.807) is 17.0 Å². The molecule has 1 aliphatic rings. The molecule has 0 aromatic heterocycles. The normalized spacial score (nSPS) is 18.4. The van der Waals surface area contributed by atoms with Gasteiger partial charge in [0.15, 0.2) is 0 Å². The monoisotopic (exact) mass is 299 g/mol. The van der Waals surface area contributed by atoms with Gasteiger partial charge in [-0.1, -0.05) is 6.07 Å². The van der Waals surface area contributed by atoms with Gasteiger partial charge in [-0.3, -0.25) is 4.79 Å². The molecule has 1 heterocycles. The Morgan fingerprint density at radius 2 is 2.35 bits per heavy atom. The van der Waals surface area contributed by atoms with Gasteiger partial charge in [0.1, 0.15) is 17.1 Å². The number of carbonyl (C=O) groups is 1. The van der Waals surface area contributed by atoms with E-state index >= 15 is 0 Å². The molecular weight excluding hydrogens is 281 g/mol. The Morgan fingerprint density at radius 3 is 3.05 bits per heavy atom. The third-order valence-corrected chi connectivity index (χ3v) is 3.99. The van der Waals surface area contributed by atoms with Crippen LogP contribution in [0.1, 0.15) is 36.0 Å². The number of halogens is 2. The molecule has 3 nitrogen and oxygen atoms in total. The minimum Gasteiger partial charge on any atom is -0.496 e. The lowest BCUT2D eigenvalue weighted by atomic mass is 10.1. The lowest BCUT2D eigenvalue weighted by Crippen LogP contribution is -2.36. The zero-order chi connectivity index (χ0) is 14.5. The number of amides is 1. The van der Waals surface area contributed by atoms with Gasteiger partial charge in [0, 0.05) is 18.5 Å². The van der Waals surface area contributed by atoms with Crippen LogP contribution >= 0.6 is 11.6 Å². The summed E-state index contributed by atoms with van der Waals surface area (Å²) in [6.07, 6.45) is 3.64. The van der Waals surface area contributed by atoms with Crippen LogP contribution < -0.4 is 4.74 Å². The first-order chi connectivity index (χ1) is 9.69. The van der Waals surface area contributed by atoms with E-state index in [-0.39, 0.29) is 23.3 Å². The lowest BCUT2D eigenvalue weighted by Gasteiger charge is -2.25. The number of carbonyl (C=O) groups excluding carboxylic acids is 1. The van der Waals surface area contributed by atoms with Crippen LogP contribution in [0.2, 0.25) is 0 Å². The Labute approximate surface area is 123 Å². The van der Waals surface area contributed by atoms with Crippen molar-refractivity contribution in [2.75, 3.05) is 19.5 Å². The van der Waals surface area contributed by atoms with Gasteiger partial charge >= 0.3 is 0 Å². The van der Waals surface area contributed by atoms with Crippen molar-refractivity contribution in [2.24, 2.45) is 0 Å². The summed E-state index contributed by atoms with van der Waals surface area (Å²) in [6, 6.07) is 4.60. The highest BCUT2D eigenvalue weighted by molar-refractivity contribution is 6.17. The number of hydrogen-bond donors (Lipinski definition) is 0. The van der Waals surface area contributed by atoms with Crippen LogP contribution in [-0.2, 0) is 0 Å². The second kappa shape index (κ2) is 6.93. The fourth-order valence-corrected chi connectivity index (χ4v) is 2.90. The van der Waals surface area contributed by atoms with E-state index in [2.05, 4.69) is 0 Å². The maximum atomic E-state index is 14.0. The number of benzene rings is 1. The standard InChI is InChI=1S/C15H19ClFNO2/c1-20-13-8-2-7-12(17)14(13)15(19)18-10-4-6-11(18)5-3-9-16/h2,7-8,11H,3-6,9-10H2,1H3. The summed E-state index contributed by atoms with van der Waals surface area (Å²) in [4.78, 5) is 14.4. The molecule has 20 heavy (non-hydrogen) atoms. The topological polar surface area (TPSA) is 29.5 Å². The van der Waals surface area contributed by atoms with Crippen molar-refractivity contribution in [2.45, 2.75) is 31.7 Å². The molecule has 1 fully saturated rings. The van der Waals surface area contributed by atoms with Gasteiger partial charge in [-0.05, 0) is 37.8 Å². The van der Waals surface area contributed by atoms with Crippen LogP contribution in [-0.4, -0.2) is 36.4 Å². The summed E-state index contributed by atoms with van der Waals surface area (Å²) in [6.45, 7) is 0.670. The van der Waals surface area contributed by atoms with E-state index < -0.39 is 5.82 Å². The number of likely N-dealkylation sites (tertiary alicyclic amines) is 1. The van der Waals surface area contributed by atoms with Crippen molar-refractivity contribution < 1.29 is 13.9 Å². The Morgan fingerprint density at radius 1 is 1.55 bits per heavy atom. The largest absolute Gasteiger partial charge is 0.496 e. The summed E-state index contributed by atoms with van der Waals surface area (Å²) < 4.78 is 19.1. The van der Waals surface area contributed by atoms with Crippen LogP contribution in [0.25, 0.3) is 0 Å². The van der Waals surface area contributed by atoms with Crippen molar-refractivity contribution in [3.8, 4) is 5.75 Å². The third kappa shape index (κ3) is 3.06. The van der Waals surface area contributed by atoms with E-state index in [1.165, 1.54) is 13.2 Å². The Kier molecular flexibility index (Phi) is 5.24. The summed E-state index contributed by atoms with van der Waals surface area (Å²) in [7, 11) is 1.44. The average molecular weight is 300 g/mol. The maximum absolute atomic E-state index is 14.0. The highest BCUT2D eigenvalue weighted by Gasteiger charge is 2.31. The molecule has 1 unspecified atom stereocenters. The number of rotatable bonds is 5. The van der Waals surface area contributed by atoms with Crippen molar-refractivity contribution in [3.63, 3.8) is 0 Å². The van der Waals surface area contributed by atoms with Gasteiger partial charge in [0.05, 0.1) is 7.11 Å². The molecule has 1 aliphatic heterocycles. The SMILES string of the molecule is COc1cccc(F)c1C(=O)N1CCCC1CCCCl. The van der Waals surface area contributed by atoms with Gasteiger partial charge in [-0.2, -0.15) is 0 Å². The molecule has 2 rings (SSSR count). The van der Waals surface area contributed by atoms with Crippen LogP contribution in [0.4, 0.5) is 4.39 Å². The summed E-state index contributed by atoms with van der Waals surface area (Å²) in [5, 5.41) is 0. The highest BCUT2D eigenvalue weighted by atomic mass is 35.5. The predicted molar refractivity (Wildman–Crippen MR) is 77.0 cm³/mol. The minimum absolute atomic E-state index is 0.0350. The molecule has 1 aromatic carbocycles. The molecule has 110 valence electrons. The molecule has 5 heteroatoms. The zero-order valence-electron chi connectivity index (χ0n) is 11.6. The molecule has 0 aliphatic carbocycles. The number of nitrogens with zero attached hydrogens (tertiary/aromatic N) is 1. The minimum atomic E-state index is -0.530. The number of alkyl halides is 1. The first-order valence-corrected chi connectivity index (χ1v) is 7.42. The van der Waals surface area contributed by atoms with E-state index in [1.807, 2.05) is 0 Å². The van der Waals surface area contributed by atoms with E-state index in [9.17, 15) is 9.18 Å². The first-order valence-electron chi connectivity index (χ1n) is 6.88. The van der Waals surface area contributed by atoms with Gasteiger partial charge < -0.3 is 9.64 Å². The van der Waals surface area contributed by atoms with E-state index in [4.69, 9.17) is 16.3 Å². The smallest absolute Gasteiger partial charge is 0.260 e. The first kappa shape index (κ1) is 15.1. The molecule has 0 N–H and O–H groups in total. The molecule has 0 bridgehead atoms. The van der Waals surface area contributed by atoms with Crippen LogP contribution in [0.3, 0.4) is 0 Å². The molecule has 1 aromatic rings. The Hall–Kier alpha value is -1.29. The zero-order valence-corrected chi connectivity index (χ0v) is 12.3. The van der Waals surface area contributed by atoms with E-state index in [0.29, 0.717) is 12.4 Å². The number of ether oxygens (including phenoxy) is 1.